The van der Waals surface area contributed by atoms with Gasteiger partial charge in [-0.1, -0.05) is 19.8 Å². The topological polar surface area (TPSA) is 48.9 Å². The Morgan fingerprint density at radius 2 is 2.00 bits per heavy atom. The standard InChI is InChI=1S/C18H34N4O.HI/c1-3-19-17(20-12-18(2)13-23-14-18)21-16-8-9-22(11-16)10-15-6-4-5-7-15;/h15-16H,3-14H2,1-2H3,(H2,19,20,21);1H. The van der Waals surface area contributed by atoms with Gasteiger partial charge in [0, 0.05) is 37.6 Å². The molecule has 0 spiro atoms. The summed E-state index contributed by atoms with van der Waals surface area (Å²) in [5, 5.41) is 7.05. The van der Waals surface area contributed by atoms with Gasteiger partial charge in [0.05, 0.1) is 19.8 Å². The van der Waals surface area contributed by atoms with Gasteiger partial charge in [-0.15, -0.1) is 24.0 Å². The van der Waals surface area contributed by atoms with E-state index in [1.165, 1.54) is 51.7 Å². The van der Waals surface area contributed by atoms with Crippen LogP contribution in [0.5, 0.6) is 0 Å². The minimum Gasteiger partial charge on any atom is -0.380 e. The molecule has 6 heteroatoms. The molecule has 2 heterocycles. The number of aliphatic imine (C=N–C) groups is 1. The molecule has 140 valence electrons. The number of likely N-dealkylation sites (tertiary alicyclic amines) is 1. The highest BCUT2D eigenvalue weighted by atomic mass is 127. The summed E-state index contributed by atoms with van der Waals surface area (Å²) in [5.41, 5.74) is 0.243. The van der Waals surface area contributed by atoms with Crippen molar-refractivity contribution in [3.8, 4) is 0 Å². The van der Waals surface area contributed by atoms with Gasteiger partial charge in [-0.2, -0.15) is 0 Å². The van der Waals surface area contributed by atoms with Gasteiger partial charge in [0.2, 0.25) is 0 Å². The van der Waals surface area contributed by atoms with Gasteiger partial charge in [-0.3, -0.25) is 4.99 Å². The third-order valence-electron chi connectivity index (χ3n) is 5.47. The average Bonchev–Trinajstić information content (AvgIpc) is 3.16. The Bertz CT molecular complexity index is 408. The fraction of sp³-hybridized carbons (Fsp3) is 0.944. The Morgan fingerprint density at radius 1 is 1.25 bits per heavy atom. The molecule has 2 saturated heterocycles. The van der Waals surface area contributed by atoms with Crippen LogP contribution in [-0.4, -0.2) is 62.8 Å². The van der Waals surface area contributed by atoms with Crippen molar-refractivity contribution >= 4 is 29.9 Å². The zero-order valence-corrected chi connectivity index (χ0v) is 17.7. The van der Waals surface area contributed by atoms with Crippen LogP contribution in [0.15, 0.2) is 4.99 Å². The smallest absolute Gasteiger partial charge is 0.191 e. The van der Waals surface area contributed by atoms with Gasteiger partial charge in [0.1, 0.15) is 0 Å². The summed E-state index contributed by atoms with van der Waals surface area (Å²) in [6, 6.07) is 0.541. The molecule has 1 saturated carbocycles. The van der Waals surface area contributed by atoms with Crippen LogP contribution < -0.4 is 10.6 Å². The Labute approximate surface area is 164 Å². The lowest BCUT2D eigenvalue weighted by Crippen LogP contribution is -2.47. The monoisotopic (exact) mass is 450 g/mol. The van der Waals surface area contributed by atoms with Crippen LogP contribution >= 0.6 is 24.0 Å². The maximum atomic E-state index is 5.32. The second-order valence-corrected chi connectivity index (χ2v) is 8.04. The van der Waals surface area contributed by atoms with Gasteiger partial charge < -0.3 is 20.3 Å². The van der Waals surface area contributed by atoms with E-state index >= 15 is 0 Å². The molecule has 3 fully saturated rings. The number of hydrogen-bond acceptors (Lipinski definition) is 3. The Morgan fingerprint density at radius 3 is 2.62 bits per heavy atom. The summed E-state index contributed by atoms with van der Waals surface area (Å²) in [7, 11) is 0. The van der Waals surface area contributed by atoms with Crippen molar-refractivity contribution in [2.75, 3.05) is 45.9 Å². The lowest BCUT2D eigenvalue weighted by atomic mass is 9.89. The van der Waals surface area contributed by atoms with E-state index in [1.807, 2.05) is 0 Å². The fourth-order valence-electron chi connectivity index (χ4n) is 4.00. The molecule has 3 aliphatic rings. The lowest BCUT2D eigenvalue weighted by molar-refractivity contribution is -0.0945. The molecule has 2 N–H and O–H groups in total. The largest absolute Gasteiger partial charge is 0.380 e. The van der Waals surface area contributed by atoms with Crippen LogP contribution in [0.3, 0.4) is 0 Å². The highest BCUT2D eigenvalue weighted by Gasteiger charge is 2.33. The Balaban J connectivity index is 0.00000208. The molecular weight excluding hydrogens is 415 g/mol. The minimum absolute atomic E-state index is 0. The number of halogens is 1. The Hall–Kier alpha value is -0.0800. The van der Waals surface area contributed by atoms with Gasteiger partial charge in [0.15, 0.2) is 5.96 Å². The van der Waals surface area contributed by atoms with Gasteiger partial charge in [-0.25, -0.2) is 0 Å². The highest BCUT2D eigenvalue weighted by molar-refractivity contribution is 14.0. The predicted octanol–water partition coefficient (Wildman–Crippen LogP) is 2.46. The molecule has 3 rings (SSSR count). The zero-order chi connectivity index (χ0) is 16.1. The first kappa shape index (κ1) is 20.2. The van der Waals surface area contributed by atoms with E-state index in [-0.39, 0.29) is 29.4 Å². The number of rotatable bonds is 6. The molecular formula is C18H35IN4O. The summed E-state index contributed by atoms with van der Waals surface area (Å²) in [6.45, 7) is 11.5. The first-order chi connectivity index (χ1) is 11.2. The summed E-state index contributed by atoms with van der Waals surface area (Å²) in [4.78, 5) is 7.45. The number of guanidine groups is 1. The third-order valence-corrected chi connectivity index (χ3v) is 5.47. The predicted molar refractivity (Wildman–Crippen MR) is 110 cm³/mol. The maximum Gasteiger partial charge on any atom is 0.191 e. The van der Waals surface area contributed by atoms with E-state index in [0.29, 0.717) is 6.04 Å². The first-order valence-corrected chi connectivity index (χ1v) is 9.52. The van der Waals surface area contributed by atoms with E-state index < -0.39 is 0 Å². The quantitative estimate of drug-likeness (QED) is 0.371. The molecule has 1 unspecified atom stereocenters. The third kappa shape index (κ3) is 5.73. The highest BCUT2D eigenvalue weighted by Crippen LogP contribution is 2.27. The molecule has 0 aromatic carbocycles. The fourth-order valence-corrected chi connectivity index (χ4v) is 4.00. The van der Waals surface area contributed by atoms with Crippen molar-refractivity contribution in [2.45, 2.75) is 52.0 Å². The van der Waals surface area contributed by atoms with Crippen LogP contribution in [-0.2, 0) is 4.74 Å². The number of nitrogens with zero attached hydrogens (tertiary/aromatic N) is 2. The van der Waals surface area contributed by atoms with E-state index in [9.17, 15) is 0 Å². The summed E-state index contributed by atoms with van der Waals surface area (Å²) < 4.78 is 5.32. The van der Waals surface area contributed by atoms with Crippen LogP contribution in [0.2, 0.25) is 0 Å². The molecule has 0 radical (unpaired) electrons. The second-order valence-electron chi connectivity index (χ2n) is 8.04. The molecule has 5 nitrogen and oxygen atoms in total. The number of hydrogen-bond donors (Lipinski definition) is 2. The van der Waals surface area contributed by atoms with E-state index in [4.69, 9.17) is 9.73 Å². The van der Waals surface area contributed by atoms with Crippen molar-refractivity contribution in [3.05, 3.63) is 0 Å². The van der Waals surface area contributed by atoms with E-state index in [1.54, 1.807) is 0 Å². The number of nitrogens with one attached hydrogen (secondary N) is 2. The SMILES string of the molecule is CCNC(=NCC1(C)COC1)NC1CCN(CC2CCCC2)C1.I. The summed E-state index contributed by atoms with van der Waals surface area (Å²) >= 11 is 0. The lowest BCUT2D eigenvalue weighted by Gasteiger charge is -2.36. The number of ether oxygens (including phenoxy) is 1. The molecule has 0 bridgehead atoms. The summed E-state index contributed by atoms with van der Waals surface area (Å²) in [5.74, 6) is 1.93. The van der Waals surface area contributed by atoms with Crippen LogP contribution in [0.25, 0.3) is 0 Å². The van der Waals surface area contributed by atoms with E-state index in [2.05, 4.69) is 29.4 Å². The maximum absolute atomic E-state index is 5.32. The zero-order valence-electron chi connectivity index (χ0n) is 15.4. The molecule has 0 amide bonds. The van der Waals surface area contributed by atoms with Crippen LogP contribution in [0.1, 0.15) is 46.0 Å². The average molecular weight is 450 g/mol. The van der Waals surface area contributed by atoms with Gasteiger partial charge >= 0.3 is 0 Å². The van der Waals surface area contributed by atoms with E-state index in [0.717, 1.165) is 38.2 Å². The van der Waals surface area contributed by atoms with Crippen LogP contribution in [0.4, 0.5) is 0 Å². The van der Waals surface area contributed by atoms with Crippen molar-refractivity contribution in [1.82, 2.24) is 15.5 Å². The molecule has 1 aliphatic carbocycles. The van der Waals surface area contributed by atoms with Gasteiger partial charge in [0.25, 0.3) is 0 Å². The van der Waals surface area contributed by atoms with Crippen LogP contribution in [0, 0.1) is 11.3 Å². The Kier molecular flexibility index (Phi) is 8.07. The molecule has 24 heavy (non-hydrogen) atoms. The molecule has 2 aliphatic heterocycles. The second kappa shape index (κ2) is 9.57. The minimum atomic E-state index is 0. The molecule has 0 aromatic heterocycles. The van der Waals surface area contributed by atoms with Gasteiger partial charge in [-0.05, 0) is 32.1 Å². The molecule has 0 aromatic rings. The summed E-state index contributed by atoms with van der Waals surface area (Å²) in [6.07, 6.45) is 7.01. The van der Waals surface area contributed by atoms with Crippen molar-refractivity contribution in [3.63, 3.8) is 0 Å². The normalized spacial score (nSPS) is 27.6. The van der Waals surface area contributed by atoms with Crippen molar-refractivity contribution < 1.29 is 4.74 Å². The van der Waals surface area contributed by atoms with Crippen molar-refractivity contribution in [1.29, 1.82) is 0 Å². The molecule has 1 atom stereocenters. The van der Waals surface area contributed by atoms with Crippen molar-refractivity contribution in [2.24, 2.45) is 16.3 Å². The first-order valence-electron chi connectivity index (χ1n) is 9.52.